The molecule has 2 rings (SSSR count). The molecule has 2 atom stereocenters. The number of carbonyl (C=O) groups is 1. The number of aliphatic hydroxyl groups excluding tert-OH is 1. The van der Waals surface area contributed by atoms with Crippen LogP contribution in [0, 0.1) is 11.3 Å². The number of nitrogens with one attached hydrogen (secondary N) is 2. The van der Waals surface area contributed by atoms with Crippen molar-refractivity contribution in [1.29, 1.82) is 5.26 Å². The molecule has 108 valence electrons. The molecular formula is C13H17N3O4. The summed E-state index contributed by atoms with van der Waals surface area (Å²) in [6.45, 7) is 3.52. The van der Waals surface area contributed by atoms with Crippen molar-refractivity contribution in [2.45, 2.75) is 31.6 Å². The van der Waals surface area contributed by atoms with Gasteiger partial charge in [0.25, 0.3) is 0 Å². The zero-order valence-corrected chi connectivity index (χ0v) is 11.2. The smallest absolute Gasteiger partial charge is 0.221 e. The number of aliphatic hydroxyl groups is 1. The van der Waals surface area contributed by atoms with Gasteiger partial charge in [0.05, 0.1) is 17.7 Å². The number of nitriles is 1. The van der Waals surface area contributed by atoms with E-state index in [9.17, 15) is 9.90 Å². The lowest BCUT2D eigenvalue weighted by Gasteiger charge is -2.42. The van der Waals surface area contributed by atoms with Gasteiger partial charge in [0.1, 0.15) is 17.5 Å². The minimum absolute atomic E-state index is 0. The van der Waals surface area contributed by atoms with Crippen molar-refractivity contribution in [3.8, 4) is 11.8 Å². The first-order valence-electron chi connectivity index (χ1n) is 5.85. The van der Waals surface area contributed by atoms with Gasteiger partial charge in [-0.3, -0.25) is 10.2 Å². The molecule has 0 bridgehead atoms. The minimum Gasteiger partial charge on any atom is -0.485 e. The molecule has 0 saturated carbocycles. The van der Waals surface area contributed by atoms with Gasteiger partial charge in [-0.05, 0) is 32.0 Å². The van der Waals surface area contributed by atoms with Crippen molar-refractivity contribution < 1.29 is 20.1 Å². The Kier molecular flexibility index (Phi) is 4.68. The average Bonchev–Trinajstić information content (AvgIpc) is 2.39. The number of rotatable bonds is 3. The molecular weight excluding hydrogens is 262 g/mol. The Labute approximate surface area is 116 Å². The van der Waals surface area contributed by atoms with Crippen molar-refractivity contribution in [3.63, 3.8) is 0 Å². The highest BCUT2D eigenvalue weighted by Gasteiger charge is 2.42. The van der Waals surface area contributed by atoms with Gasteiger partial charge >= 0.3 is 0 Å². The first-order valence-corrected chi connectivity index (χ1v) is 5.85. The Hall–Kier alpha value is -2.14. The molecule has 0 aromatic heterocycles. The number of hydrogen-bond acceptors (Lipinski definition) is 5. The third-order valence-electron chi connectivity index (χ3n) is 3.17. The lowest BCUT2D eigenvalue weighted by molar-refractivity contribution is -0.112. The van der Waals surface area contributed by atoms with Gasteiger partial charge < -0.3 is 15.3 Å². The molecule has 0 radical (unpaired) electrons. The highest BCUT2D eigenvalue weighted by Crippen LogP contribution is 2.39. The summed E-state index contributed by atoms with van der Waals surface area (Å²) in [5, 5.41) is 19.2. The number of hydrogen-bond donors (Lipinski definition) is 3. The Morgan fingerprint density at radius 2 is 2.20 bits per heavy atom. The van der Waals surface area contributed by atoms with Crippen molar-refractivity contribution in [3.05, 3.63) is 29.3 Å². The Balaban J connectivity index is 0.00000200. The molecule has 0 fully saturated rings. The van der Waals surface area contributed by atoms with Gasteiger partial charge in [-0.2, -0.15) is 5.26 Å². The summed E-state index contributed by atoms with van der Waals surface area (Å²) < 4.78 is 5.73. The number of hydrazine groups is 1. The van der Waals surface area contributed by atoms with E-state index in [1.807, 2.05) is 6.07 Å². The number of amides is 1. The van der Waals surface area contributed by atoms with Gasteiger partial charge in [-0.15, -0.1) is 0 Å². The van der Waals surface area contributed by atoms with E-state index in [0.717, 1.165) is 0 Å². The van der Waals surface area contributed by atoms with Gasteiger partial charge in [-0.1, -0.05) is 0 Å². The second-order valence-corrected chi connectivity index (χ2v) is 4.90. The third-order valence-corrected chi connectivity index (χ3v) is 3.17. The molecule has 0 saturated heterocycles. The molecule has 1 aliphatic heterocycles. The number of nitrogens with zero attached hydrogens (tertiary/aromatic N) is 1. The normalized spacial score (nSPS) is 22.5. The van der Waals surface area contributed by atoms with Gasteiger partial charge in [0.2, 0.25) is 6.41 Å². The third kappa shape index (κ3) is 2.72. The molecule has 1 heterocycles. The van der Waals surface area contributed by atoms with Gasteiger partial charge in [0, 0.05) is 5.56 Å². The molecule has 1 aliphatic rings. The Morgan fingerprint density at radius 3 is 2.80 bits per heavy atom. The molecule has 0 aliphatic carbocycles. The zero-order valence-electron chi connectivity index (χ0n) is 11.2. The summed E-state index contributed by atoms with van der Waals surface area (Å²) in [7, 11) is 0. The average molecular weight is 279 g/mol. The van der Waals surface area contributed by atoms with Crippen LogP contribution in [-0.4, -0.2) is 28.7 Å². The summed E-state index contributed by atoms with van der Waals surface area (Å²) >= 11 is 0. The van der Waals surface area contributed by atoms with Crippen molar-refractivity contribution in [2.75, 3.05) is 0 Å². The standard InChI is InChI=1S/C13H15N3O3.H2O/c1-13(2)12(18)11(16-15-7-17)9-5-8(6-14)3-4-10(9)19-13;/h3-5,7,11-12,16,18H,1-2H3,(H,15,17);1H2. The van der Waals surface area contributed by atoms with Gasteiger partial charge in [0.15, 0.2) is 0 Å². The number of fused-ring (bicyclic) bond motifs is 1. The van der Waals surface area contributed by atoms with E-state index in [4.69, 9.17) is 10.00 Å². The maximum Gasteiger partial charge on any atom is 0.221 e. The molecule has 0 spiro atoms. The fourth-order valence-electron chi connectivity index (χ4n) is 2.15. The van der Waals surface area contributed by atoms with Crippen LogP contribution in [0.4, 0.5) is 0 Å². The summed E-state index contributed by atoms with van der Waals surface area (Å²) in [4.78, 5) is 10.4. The van der Waals surface area contributed by atoms with E-state index in [1.54, 1.807) is 32.0 Å². The lowest BCUT2D eigenvalue weighted by Crippen LogP contribution is -2.54. The molecule has 1 aromatic rings. The summed E-state index contributed by atoms with van der Waals surface area (Å²) in [5.41, 5.74) is 5.36. The van der Waals surface area contributed by atoms with E-state index in [1.165, 1.54) is 0 Å². The number of ether oxygens (including phenoxy) is 1. The zero-order chi connectivity index (χ0) is 14.0. The molecule has 1 aromatic carbocycles. The summed E-state index contributed by atoms with van der Waals surface area (Å²) in [5.74, 6) is 0.583. The molecule has 1 amide bonds. The van der Waals surface area contributed by atoms with Crippen LogP contribution in [0.5, 0.6) is 5.75 Å². The molecule has 7 nitrogen and oxygen atoms in total. The monoisotopic (exact) mass is 279 g/mol. The quantitative estimate of drug-likeness (QED) is 0.510. The molecule has 5 N–H and O–H groups in total. The Bertz CT molecular complexity index is 539. The van der Waals surface area contributed by atoms with Crippen LogP contribution in [0.25, 0.3) is 0 Å². The fourth-order valence-corrected chi connectivity index (χ4v) is 2.15. The first-order chi connectivity index (χ1) is 8.99. The van der Waals surface area contributed by atoms with Crippen LogP contribution in [0.3, 0.4) is 0 Å². The van der Waals surface area contributed by atoms with Crippen molar-refractivity contribution in [1.82, 2.24) is 10.9 Å². The van der Waals surface area contributed by atoms with E-state index < -0.39 is 17.7 Å². The van der Waals surface area contributed by atoms with Crippen LogP contribution < -0.4 is 15.6 Å². The fraction of sp³-hybridized carbons (Fsp3) is 0.385. The highest BCUT2D eigenvalue weighted by atomic mass is 16.5. The second kappa shape index (κ2) is 5.88. The Morgan fingerprint density at radius 1 is 1.50 bits per heavy atom. The van der Waals surface area contributed by atoms with Crippen LogP contribution in [0.15, 0.2) is 18.2 Å². The SMILES string of the molecule is CC1(C)Oc2ccc(C#N)cc2C(NNC=O)C1O.O. The lowest BCUT2D eigenvalue weighted by atomic mass is 9.86. The maximum atomic E-state index is 10.4. The molecule has 20 heavy (non-hydrogen) atoms. The largest absolute Gasteiger partial charge is 0.485 e. The van der Waals surface area contributed by atoms with E-state index in [0.29, 0.717) is 23.3 Å². The van der Waals surface area contributed by atoms with E-state index in [2.05, 4.69) is 10.9 Å². The minimum atomic E-state index is -0.874. The predicted molar refractivity (Wildman–Crippen MR) is 70.6 cm³/mol. The number of carbonyl (C=O) groups excluding carboxylic acids is 1. The molecule has 7 heteroatoms. The number of benzene rings is 1. The maximum absolute atomic E-state index is 10.4. The van der Waals surface area contributed by atoms with Crippen molar-refractivity contribution in [2.24, 2.45) is 0 Å². The molecule has 2 unspecified atom stereocenters. The van der Waals surface area contributed by atoms with Crippen LogP contribution >= 0.6 is 0 Å². The topological polar surface area (TPSA) is 126 Å². The van der Waals surface area contributed by atoms with Crippen LogP contribution in [0.1, 0.15) is 31.0 Å². The first kappa shape index (κ1) is 15.9. The second-order valence-electron chi connectivity index (χ2n) is 4.90. The summed E-state index contributed by atoms with van der Waals surface area (Å²) in [6, 6.07) is 6.47. The van der Waals surface area contributed by atoms with Crippen LogP contribution in [-0.2, 0) is 4.79 Å². The van der Waals surface area contributed by atoms with E-state index >= 15 is 0 Å². The van der Waals surface area contributed by atoms with Gasteiger partial charge in [-0.25, -0.2) is 5.43 Å². The predicted octanol–water partition coefficient (Wildman–Crippen LogP) is -0.443. The van der Waals surface area contributed by atoms with Crippen LogP contribution in [0.2, 0.25) is 0 Å². The van der Waals surface area contributed by atoms with E-state index in [-0.39, 0.29) is 5.48 Å². The van der Waals surface area contributed by atoms with Crippen molar-refractivity contribution >= 4 is 6.41 Å². The summed E-state index contributed by atoms with van der Waals surface area (Å²) in [6.07, 6.45) is -0.385. The highest BCUT2D eigenvalue weighted by molar-refractivity contribution is 5.48.